The molecule has 4 nitrogen and oxygen atoms in total. The largest absolute Gasteiger partial charge is 0.348 e. The SMILES string of the molecule is CCCC(=O)NC(C(=O)NC(C)c1ccccc1)C(C)CC. The summed E-state index contributed by atoms with van der Waals surface area (Å²) < 4.78 is 0. The highest BCUT2D eigenvalue weighted by atomic mass is 16.2. The fourth-order valence-corrected chi connectivity index (χ4v) is 2.30. The minimum Gasteiger partial charge on any atom is -0.348 e. The van der Waals surface area contributed by atoms with E-state index in [0.29, 0.717) is 6.42 Å². The van der Waals surface area contributed by atoms with E-state index in [2.05, 4.69) is 10.6 Å². The molecule has 0 fully saturated rings. The normalized spacial score (nSPS) is 14.7. The Bertz CT molecular complexity index is 473. The molecule has 3 atom stereocenters. The maximum atomic E-state index is 12.5. The predicted molar refractivity (Wildman–Crippen MR) is 89.3 cm³/mol. The predicted octanol–water partition coefficient (Wildman–Crippen LogP) is 3.19. The van der Waals surface area contributed by atoms with Crippen LogP contribution in [0.3, 0.4) is 0 Å². The van der Waals surface area contributed by atoms with Gasteiger partial charge in [-0.05, 0) is 24.8 Å². The Kier molecular flexibility index (Phi) is 7.64. The lowest BCUT2D eigenvalue weighted by Crippen LogP contribution is -2.50. The molecule has 0 aliphatic heterocycles. The highest BCUT2D eigenvalue weighted by Gasteiger charge is 2.26. The van der Waals surface area contributed by atoms with Crippen molar-refractivity contribution in [2.45, 2.75) is 59.0 Å². The van der Waals surface area contributed by atoms with Gasteiger partial charge in [-0.25, -0.2) is 0 Å². The van der Waals surface area contributed by atoms with Gasteiger partial charge in [-0.15, -0.1) is 0 Å². The Morgan fingerprint density at radius 1 is 1.05 bits per heavy atom. The van der Waals surface area contributed by atoms with Gasteiger partial charge in [-0.3, -0.25) is 9.59 Å². The Hall–Kier alpha value is -1.84. The molecule has 0 saturated carbocycles. The average molecular weight is 304 g/mol. The van der Waals surface area contributed by atoms with Crippen LogP contribution >= 0.6 is 0 Å². The summed E-state index contributed by atoms with van der Waals surface area (Å²) in [7, 11) is 0. The summed E-state index contributed by atoms with van der Waals surface area (Å²) in [5.74, 6) is -0.0748. The number of benzene rings is 1. The molecule has 0 heterocycles. The molecule has 4 heteroatoms. The van der Waals surface area contributed by atoms with Crippen LogP contribution in [0.2, 0.25) is 0 Å². The van der Waals surface area contributed by atoms with Crippen molar-refractivity contribution in [3.8, 4) is 0 Å². The van der Waals surface area contributed by atoms with Crippen LogP contribution in [0.15, 0.2) is 30.3 Å². The number of hydrogen-bond donors (Lipinski definition) is 2. The molecule has 2 amide bonds. The first-order chi connectivity index (χ1) is 10.5. The zero-order valence-electron chi connectivity index (χ0n) is 14.1. The molecule has 0 bridgehead atoms. The molecular formula is C18H28N2O2. The molecule has 0 aromatic heterocycles. The molecular weight excluding hydrogens is 276 g/mol. The molecule has 1 aromatic carbocycles. The standard InChI is InChI=1S/C18H28N2O2/c1-5-10-16(21)20-17(13(3)6-2)18(22)19-14(4)15-11-8-7-9-12-15/h7-9,11-14,17H,5-6,10H2,1-4H3,(H,19,22)(H,20,21). The molecule has 0 spiro atoms. The van der Waals surface area contributed by atoms with Crippen LogP contribution in [-0.4, -0.2) is 17.9 Å². The van der Waals surface area contributed by atoms with Crippen LogP contribution in [0.4, 0.5) is 0 Å². The van der Waals surface area contributed by atoms with Crippen LogP contribution in [0.5, 0.6) is 0 Å². The summed E-state index contributed by atoms with van der Waals surface area (Å²) >= 11 is 0. The highest BCUT2D eigenvalue weighted by Crippen LogP contribution is 2.14. The number of nitrogens with one attached hydrogen (secondary N) is 2. The average Bonchev–Trinajstić information content (AvgIpc) is 2.52. The Morgan fingerprint density at radius 2 is 1.68 bits per heavy atom. The van der Waals surface area contributed by atoms with Crippen LogP contribution in [-0.2, 0) is 9.59 Å². The third-order valence-electron chi connectivity index (χ3n) is 3.95. The van der Waals surface area contributed by atoms with Crippen molar-refractivity contribution in [3.63, 3.8) is 0 Å². The van der Waals surface area contributed by atoms with Crippen LogP contribution in [0.1, 0.15) is 58.6 Å². The summed E-state index contributed by atoms with van der Waals surface area (Å²) in [5, 5.41) is 5.88. The summed E-state index contributed by atoms with van der Waals surface area (Å²) in [6.07, 6.45) is 2.07. The Balaban J connectivity index is 2.73. The quantitative estimate of drug-likeness (QED) is 0.775. The lowest BCUT2D eigenvalue weighted by Gasteiger charge is -2.25. The zero-order valence-corrected chi connectivity index (χ0v) is 14.1. The third-order valence-corrected chi connectivity index (χ3v) is 3.95. The monoisotopic (exact) mass is 304 g/mol. The second-order valence-electron chi connectivity index (χ2n) is 5.82. The fraction of sp³-hybridized carbons (Fsp3) is 0.556. The van der Waals surface area contributed by atoms with Gasteiger partial charge in [0.25, 0.3) is 0 Å². The van der Waals surface area contributed by atoms with E-state index in [9.17, 15) is 9.59 Å². The molecule has 2 N–H and O–H groups in total. The molecule has 0 saturated heterocycles. The summed E-state index contributed by atoms with van der Waals surface area (Å²) in [6.45, 7) is 7.92. The third kappa shape index (κ3) is 5.51. The number of carbonyl (C=O) groups is 2. The van der Waals surface area contributed by atoms with E-state index in [0.717, 1.165) is 18.4 Å². The van der Waals surface area contributed by atoms with Gasteiger partial charge in [0.1, 0.15) is 6.04 Å². The second-order valence-corrected chi connectivity index (χ2v) is 5.82. The Morgan fingerprint density at radius 3 is 2.23 bits per heavy atom. The van der Waals surface area contributed by atoms with Crippen LogP contribution in [0, 0.1) is 5.92 Å². The van der Waals surface area contributed by atoms with E-state index >= 15 is 0 Å². The fourth-order valence-electron chi connectivity index (χ4n) is 2.30. The van der Waals surface area contributed by atoms with Gasteiger partial charge in [-0.2, -0.15) is 0 Å². The van der Waals surface area contributed by atoms with Gasteiger partial charge in [0.2, 0.25) is 11.8 Å². The number of amides is 2. The molecule has 1 aromatic rings. The summed E-state index contributed by atoms with van der Waals surface area (Å²) in [6, 6.07) is 9.27. The first-order valence-corrected chi connectivity index (χ1v) is 8.14. The second kappa shape index (κ2) is 9.23. The molecule has 1 rings (SSSR count). The van der Waals surface area contributed by atoms with Gasteiger partial charge < -0.3 is 10.6 Å². The first kappa shape index (κ1) is 18.2. The molecule has 122 valence electrons. The van der Waals surface area contributed by atoms with Gasteiger partial charge >= 0.3 is 0 Å². The molecule has 0 radical (unpaired) electrons. The molecule has 0 aliphatic rings. The topological polar surface area (TPSA) is 58.2 Å². The summed E-state index contributed by atoms with van der Waals surface area (Å²) in [4.78, 5) is 24.4. The maximum absolute atomic E-state index is 12.5. The summed E-state index contributed by atoms with van der Waals surface area (Å²) in [5.41, 5.74) is 1.05. The minimum absolute atomic E-state index is 0.0599. The van der Waals surface area contributed by atoms with Gasteiger partial charge in [-0.1, -0.05) is 57.5 Å². The van der Waals surface area contributed by atoms with E-state index in [1.807, 2.05) is 58.0 Å². The number of carbonyl (C=O) groups excluding carboxylic acids is 2. The molecule has 3 unspecified atom stereocenters. The smallest absolute Gasteiger partial charge is 0.243 e. The van der Waals surface area contributed by atoms with Gasteiger partial charge in [0.15, 0.2) is 0 Å². The van der Waals surface area contributed by atoms with Crippen molar-refractivity contribution >= 4 is 11.8 Å². The molecule has 0 aliphatic carbocycles. The van der Waals surface area contributed by atoms with Crippen molar-refractivity contribution in [2.75, 3.05) is 0 Å². The lowest BCUT2D eigenvalue weighted by atomic mass is 9.97. The Labute approximate surface area is 133 Å². The van der Waals surface area contributed by atoms with Crippen LogP contribution in [0.25, 0.3) is 0 Å². The van der Waals surface area contributed by atoms with E-state index in [-0.39, 0.29) is 23.8 Å². The highest BCUT2D eigenvalue weighted by molar-refractivity contribution is 5.88. The number of rotatable bonds is 8. The van der Waals surface area contributed by atoms with Crippen molar-refractivity contribution in [3.05, 3.63) is 35.9 Å². The lowest BCUT2D eigenvalue weighted by molar-refractivity contribution is -0.130. The minimum atomic E-state index is -0.477. The van der Waals surface area contributed by atoms with Crippen molar-refractivity contribution in [1.29, 1.82) is 0 Å². The van der Waals surface area contributed by atoms with E-state index in [1.54, 1.807) is 0 Å². The number of hydrogen-bond acceptors (Lipinski definition) is 2. The first-order valence-electron chi connectivity index (χ1n) is 8.14. The van der Waals surface area contributed by atoms with Crippen molar-refractivity contribution in [1.82, 2.24) is 10.6 Å². The van der Waals surface area contributed by atoms with E-state index in [4.69, 9.17) is 0 Å². The zero-order chi connectivity index (χ0) is 16.5. The van der Waals surface area contributed by atoms with E-state index in [1.165, 1.54) is 0 Å². The van der Waals surface area contributed by atoms with Crippen molar-refractivity contribution in [2.24, 2.45) is 5.92 Å². The maximum Gasteiger partial charge on any atom is 0.243 e. The van der Waals surface area contributed by atoms with Crippen molar-refractivity contribution < 1.29 is 9.59 Å². The van der Waals surface area contributed by atoms with E-state index < -0.39 is 6.04 Å². The van der Waals surface area contributed by atoms with Crippen LogP contribution < -0.4 is 10.6 Å². The van der Waals surface area contributed by atoms with Gasteiger partial charge in [0, 0.05) is 6.42 Å². The molecule has 22 heavy (non-hydrogen) atoms. The van der Waals surface area contributed by atoms with Gasteiger partial charge in [0.05, 0.1) is 6.04 Å².